The van der Waals surface area contributed by atoms with E-state index in [-0.39, 0.29) is 11.7 Å². The van der Waals surface area contributed by atoms with E-state index < -0.39 is 0 Å². The van der Waals surface area contributed by atoms with Gasteiger partial charge >= 0.3 is 0 Å². The number of hydrogen-bond donors (Lipinski definition) is 2. The number of aromatic nitrogens is 3. The minimum Gasteiger partial charge on any atom is -0.497 e. The Kier molecular flexibility index (Phi) is 8.06. The lowest BCUT2D eigenvalue weighted by molar-refractivity contribution is -0.118. The molecule has 9 heteroatoms. The Bertz CT molecular complexity index is 1230. The first-order valence-corrected chi connectivity index (χ1v) is 12.0. The second-order valence-electron chi connectivity index (χ2n) is 7.35. The van der Waals surface area contributed by atoms with Gasteiger partial charge in [-0.2, -0.15) is 0 Å². The number of hydrogen-bond acceptors (Lipinski definition) is 6. The fraction of sp³-hybridized carbons (Fsp3) is 0.160. The molecule has 0 fully saturated rings. The summed E-state index contributed by atoms with van der Waals surface area (Å²) < 4.78 is 7.22. The number of carbonyl (C=O) groups is 1. The normalized spacial score (nSPS) is 10.6. The zero-order chi connectivity index (χ0) is 23.8. The van der Waals surface area contributed by atoms with Gasteiger partial charge < -0.3 is 15.4 Å². The molecule has 34 heavy (non-hydrogen) atoms. The second-order valence-corrected chi connectivity index (χ2v) is 8.73. The lowest BCUT2D eigenvalue weighted by Gasteiger charge is -2.12. The molecule has 0 aliphatic rings. The molecule has 4 aromatic rings. The van der Waals surface area contributed by atoms with E-state index in [0.29, 0.717) is 29.1 Å². The summed E-state index contributed by atoms with van der Waals surface area (Å²) in [5, 5.41) is 16.3. The molecule has 0 unspecified atom stereocenters. The van der Waals surface area contributed by atoms with Crippen LogP contribution in [-0.2, 0) is 17.9 Å². The largest absolute Gasteiger partial charge is 0.497 e. The standard InChI is InChI=1S/C25H24ClN5O2S/c1-33-22-12-10-21(11-13-22)31-23(16-27-20-9-5-8-19(26)14-20)29-30-25(31)34-17-24(32)28-15-18-6-3-2-4-7-18/h2-14,27H,15-17H2,1H3,(H,28,32). The van der Waals surface area contributed by atoms with Gasteiger partial charge in [-0.3, -0.25) is 9.36 Å². The van der Waals surface area contributed by atoms with Crippen molar-refractivity contribution in [3.8, 4) is 11.4 Å². The number of halogens is 1. The molecule has 0 spiro atoms. The molecular formula is C25H24ClN5O2S. The first-order chi connectivity index (χ1) is 16.6. The van der Waals surface area contributed by atoms with Crippen molar-refractivity contribution in [1.29, 1.82) is 0 Å². The van der Waals surface area contributed by atoms with Crippen LogP contribution in [0.3, 0.4) is 0 Å². The summed E-state index contributed by atoms with van der Waals surface area (Å²) in [5.74, 6) is 1.61. The van der Waals surface area contributed by atoms with E-state index in [1.54, 1.807) is 7.11 Å². The zero-order valence-corrected chi connectivity index (χ0v) is 20.1. The van der Waals surface area contributed by atoms with Crippen molar-refractivity contribution < 1.29 is 9.53 Å². The Labute approximate surface area is 207 Å². The molecule has 0 bridgehead atoms. The highest BCUT2D eigenvalue weighted by molar-refractivity contribution is 7.99. The fourth-order valence-electron chi connectivity index (χ4n) is 3.26. The van der Waals surface area contributed by atoms with Gasteiger partial charge in [0.25, 0.3) is 0 Å². The lowest BCUT2D eigenvalue weighted by Crippen LogP contribution is -2.24. The minimum atomic E-state index is -0.0725. The lowest BCUT2D eigenvalue weighted by atomic mass is 10.2. The monoisotopic (exact) mass is 493 g/mol. The van der Waals surface area contributed by atoms with Crippen LogP contribution in [0.2, 0.25) is 5.02 Å². The van der Waals surface area contributed by atoms with Crippen LogP contribution in [0.1, 0.15) is 11.4 Å². The van der Waals surface area contributed by atoms with Crippen LogP contribution in [0.15, 0.2) is 84.0 Å². The SMILES string of the molecule is COc1ccc(-n2c(CNc3cccc(Cl)c3)nnc2SCC(=O)NCc2ccccc2)cc1. The average Bonchev–Trinajstić information content (AvgIpc) is 3.28. The Morgan fingerprint density at radius 1 is 1.00 bits per heavy atom. The maximum atomic E-state index is 12.4. The molecule has 0 saturated heterocycles. The molecule has 0 saturated carbocycles. The summed E-state index contributed by atoms with van der Waals surface area (Å²) in [7, 11) is 1.63. The molecule has 2 N–H and O–H groups in total. The average molecular weight is 494 g/mol. The van der Waals surface area contributed by atoms with Gasteiger partial charge in [-0.1, -0.05) is 59.8 Å². The number of anilines is 1. The molecular weight excluding hydrogens is 470 g/mol. The number of thioether (sulfide) groups is 1. The number of amides is 1. The van der Waals surface area contributed by atoms with E-state index in [2.05, 4.69) is 20.8 Å². The summed E-state index contributed by atoms with van der Waals surface area (Å²) in [6, 6.07) is 24.9. The van der Waals surface area contributed by atoms with Gasteiger partial charge in [-0.25, -0.2) is 0 Å². The van der Waals surface area contributed by atoms with Crippen molar-refractivity contribution in [2.45, 2.75) is 18.2 Å². The summed E-state index contributed by atoms with van der Waals surface area (Å²) in [4.78, 5) is 12.4. The molecule has 4 rings (SSSR count). The summed E-state index contributed by atoms with van der Waals surface area (Å²) >= 11 is 7.43. The van der Waals surface area contributed by atoms with Crippen molar-refractivity contribution in [2.24, 2.45) is 0 Å². The molecule has 0 aliphatic heterocycles. The van der Waals surface area contributed by atoms with Crippen molar-refractivity contribution in [3.63, 3.8) is 0 Å². The quantitative estimate of drug-likeness (QED) is 0.304. The van der Waals surface area contributed by atoms with Gasteiger partial charge in [0.15, 0.2) is 11.0 Å². The number of nitrogens with one attached hydrogen (secondary N) is 2. The van der Waals surface area contributed by atoms with Gasteiger partial charge in [-0.15, -0.1) is 10.2 Å². The number of benzene rings is 3. The maximum Gasteiger partial charge on any atom is 0.230 e. The minimum absolute atomic E-state index is 0.0725. The van der Waals surface area contributed by atoms with Crippen LogP contribution in [0.5, 0.6) is 5.75 Å². The number of rotatable bonds is 10. The van der Waals surface area contributed by atoms with E-state index in [4.69, 9.17) is 16.3 Å². The van der Waals surface area contributed by atoms with Crippen LogP contribution in [0, 0.1) is 0 Å². The Morgan fingerprint density at radius 3 is 2.53 bits per heavy atom. The molecule has 0 aliphatic carbocycles. The molecule has 1 amide bonds. The Morgan fingerprint density at radius 2 is 1.79 bits per heavy atom. The van der Waals surface area contributed by atoms with Gasteiger partial charge in [0, 0.05) is 22.9 Å². The molecule has 1 aromatic heterocycles. The van der Waals surface area contributed by atoms with E-state index in [1.807, 2.05) is 83.4 Å². The van der Waals surface area contributed by atoms with Gasteiger partial charge in [-0.05, 0) is 48.0 Å². The van der Waals surface area contributed by atoms with E-state index in [0.717, 1.165) is 22.7 Å². The van der Waals surface area contributed by atoms with Gasteiger partial charge in [0.05, 0.1) is 19.4 Å². The van der Waals surface area contributed by atoms with Crippen LogP contribution < -0.4 is 15.4 Å². The van der Waals surface area contributed by atoms with Crippen LogP contribution in [0.25, 0.3) is 5.69 Å². The molecule has 1 heterocycles. The highest BCUT2D eigenvalue weighted by Gasteiger charge is 2.16. The second kappa shape index (κ2) is 11.6. The topological polar surface area (TPSA) is 81.1 Å². The zero-order valence-electron chi connectivity index (χ0n) is 18.6. The predicted molar refractivity (Wildman–Crippen MR) is 136 cm³/mol. The van der Waals surface area contributed by atoms with Crippen molar-refractivity contribution >= 4 is 35.0 Å². The van der Waals surface area contributed by atoms with E-state index in [1.165, 1.54) is 11.8 Å². The number of carbonyl (C=O) groups excluding carboxylic acids is 1. The third kappa shape index (κ3) is 6.30. The van der Waals surface area contributed by atoms with E-state index in [9.17, 15) is 4.79 Å². The number of ether oxygens (including phenoxy) is 1. The molecule has 0 atom stereocenters. The van der Waals surface area contributed by atoms with Crippen LogP contribution >= 0.6 is 23.4 Å². The summed E-state index contributed by atoms with van der Waals surface area (Å²) in [5.41, 5.74) is 2.81. The predicted octanol–water partition coefficient (Wildman–Crippen LogP) is 4.95. The Balaban J connectivity index is 1.48. The first kappa shape index (κ1) is 23.7. The van der Waals surface area contributed by atoms with Crippen LogP contribution in [0.4, 0.5) is 5.69 Å². The number of methoxy groups -OCH3 is 1. The van der Waals surface area contributed by atoms with Crippen LogP contribution in [-0.4, -0.2) is 33.5 Å². The molecule has 3 aromatic carbocycles. The Hall–Kier alpha value is -3.49. The third-order valence-electron chi connectivity index (χ3n) is 4.97. The smallest absolute Gasteiger partial charge is 0.230 e. The highest BCUT2D eigenvalue weighted by Crippen LogP contribution is 2.25. The summed E-state index contributed by atoms with van der Waals surface area (Å²) in [6.07, 6.45) is 0. The van der Waals surface area contributed by atoms with Crippen molar-refractivity contribution in [2.75, 3.05) is 18.2 Å². The number of nitrogens with zero attached hydrogens (tertiary/aromatic N) is 3. The molecule has 174 valence electrons. The first-order valence-electron chi connectivity index (χ1n) is 10.6. The van der Waals surface area contributed by atoms with Gasteiger partial charge in [0.2, 0.25) is 5.91 Å². The van der Waals surface area contributed by atoms with E-state index >= 15 is 0 Å². The third-order valence-corrected chi connectivity index (χ3v) is 6.14. The fourth-order valence-corrected chi connectivity index (χ4v) is 4.25. The summed E-state index contributed by atoms with van der Waals surface area (Å²) in [6.45, 7) is 0.917. The van der Waals surface area contributed by atoms with Crippen molar-refractivity contribution in [3.05, 3.63) is 95.3 Å². The highest BCUT2D eigenvalue weighted by atomic mass is 35.5. The maximum absolute atomic E-state index is 12.4. The molecule has 0 radical (unpaired) electrons. The van der Waals surface area contributed by atoms with Crippen molar-refractivity contribution in [1.82, 2.24) is 20.1 Å². The van der Waals surface area contributed by atoms with Gasteiger partial charge in [0.1, 0.15) is 5.75 Å². The molecule has 7 nitrogen and oxygen atoms in total.